The third kappa shape index (κ3) is 91.9. The van der Waals surface area contributed by atoms with Crippen molar-refractivity contribution in [2.24, 2.45) is 0 Å². The summed E-state index contributed by atoms with van der Waals surface area (Å²) < 4.78 is 20.6. The number of nitrogens with zero attached hydrogens (tertiary/aromatic N) is 3. The van der Waals surface area contributed by atoms with Crippen LogP contribution in [0.3, 0.4) is 0 Å². The van der Waals surface area contributed by atoms with Crippen molar-refractivity contribution in [2.75, 3.05) is 101 Å². The molecule has 0 saturated heterocycles. The number of aliphatic hydroxyl groups is 1. The van der Waals surface area contributed by atoms with Gasteiger partial charge in [-0.05, 0) is 148 Å². The van der Waals surface area contributed by atoms with E-state index in [-0.39, 0.29) is 60.8 Å². The number of aliphatic carboxylic acids is 1. The van der Waals surface area contributed by atoms with Crippen molar-refractivity contribution in [3.63, 3.8) is 0 Å². The average Bonchev–Trinajstić information content (AvgIpc) is 3.50. The van der Waals surface area contributed by atoms with Crippen molar-refractivity contribution in [1.82, 2.24) is 20.0 Å². The first-order chi connectivity index (χ1) is 42.2. The zero-order valence-electron chi connectivity index (χ0n) is 57.9. The van der Waals surface area contributed by atoms with E-state index in [1.54, 1.807) is 21.7 Å². The SMILES string of the molecule is C=CC(=O)N(C)CCC.CCCCCCCC(=O)OCCCCC(=O)OCCCCCC(=O)N(C)CCC.CCCCCCCC(=O)OCCCCC(=O)OCCCCCC(=O)[O-].CCCN(C)C(=O)CCCCO.CCCNC.CCC[NH2+]C.O=C=O. The minimum Gasteiger partial charge on any atom is -0.550 e. The van der Waals surface area contributed by atoms with Gasteiger partial charge in [0.2, 0.25) is 17.7 Å². The Hall–Kier alpha value is -5.24. The van der Waals surface area contributed by atoms with Crippen molar-refractivity contribution in [1.29, 1.82) is 0 Å². The fraction of sp³-hybridized carbons (Fsp3) is 0.836. The zero-order chi connectivity index (χ0) is 68.1. The van der Waals surface area contributed by atoms with E-state index in [1.165, 1.54) is 64.0 Å². The molecule has 0 aromatic carbocycles. The first-order valence-electron chi connectivity index (χ1n) is 33.5. The topological polar surface area (TPSA) is 289 Å². The number of aliphatic hydroxyl groups excluding tert-OH is 1. The molecule has 0 aromatic rings. The van der Waals surface area contributed by atoms with Crippen molar-refractivity contribution < 1.29 is 82.4 Å². The molecule has 520 valence electrons. The maximum absolute atomic E-state index is 11.8. The van der Waals surface area contributed by atoms with Crippen LogP contribution in [0.25, 0.3) is 0 Å². The number of amides is 3. The van der Waals surface area contributed by atoms with Crippen LogP contribution in [0, 0.1) is 0 Å². The van der Waals surface area contributed by atoms with E-state index in [2.05, 4.69) is 65.8 Å². The van der Waals surface area contributed by atoms with Crippen molar-refractivity contribution >= 4 is 53.7 Å². The number of carboxylic acid groups (broad SMARTS) is 1. The Bertz CT molecular complexity index is 1620. The number of nitrogens with one attached hydrogen (secondary N) is 1. The molecule has 4 N–H and O–H groups in total. The number of likely N-dealkylation sites (N-methyl/N-ethyl adjacent to an activating group) is 1. The second-order valence-corrected chi connectivity index (χ2v) is 21.3. The van der Waals surface area contributed by atoms with E-state index >= 15 is 0 Å². The van der Waals surface area contributed by atoms with Gasteiger partial charge in [-0.1, -0.05) is 106 Å². The summed E-state index contributed by atoms with van der Waals surface area (Å²) in [5.74, 6) is -1.44. The minimum atomic E-state index is -1.05. The number of rotatable bonds is 49. The van der Waals surface area contributed by atoms with Gasteiger partial charge in [0, 0.05) is 91.9 Å². The molecule has 0 aromatic heterocycles. The molecule has 0 spiro atoms. The number of esters is 4. The van der Waals surface area contributed by atoms with Gasteiger partial charge in [-0.25, -0.2) is 0 Å². The van der Waals surface area contributed by atoms with Gasteiger partial charge in [0.25, 0.3) is 0 Å². The zero-order valence-corrected chi connectivity index (χ0v) is 57.9. The molecule has 0 aliphatic rings. The molecule has 0 aliphatic heterocycles. The summed E-state index contributed by atoms with van der Waals surface area (Å²) in [6, 6.07) is 0. The molecule has 0 rings (SSSR count). The number of quaternary nitrogens is 1. The van der Waals surface area contributed by atoms with Crippen LogP contribution in [0.4, 0.5) is 0 Å². The molecular formula is C67H131N5O16. The monoisotopic (exact) mass is 1260 g/mol. The summed E-state index contributed by atoms with van der Waals surface area (Å²) in [6.07, 6.45) is 29.6. The van der Waals surface area contributed by atoms with Crippen molar-refractivity contribution in [3.05, 3.63) is 12.7 Å². The molecule has 0 aliphatic carbocycles. The minimum absolute atomic E-state index is 0.00292. The Labute approximate surface area is 534 Å². The van der Waals surface area contributed by atoms with Crippen LogP contribution < -0.4 is 15.7 Å². The van der Waals surface area contributed by atoms with Gasteiger partial charge in [-0.2, -0.15) is 9.59 Å². The van der Waals surface area contributed by atoms with Crippen LogP contribution >= 0.6 is 0 Å². The lowest BCUT2D eigenvalue weighted by molar-refractivity contribution is -0.626. The number of hydrogen-bond donors (Lipinski definition) is 3. The first-order valence-corrected chi connectivity index (χ1v) is 33.5. The summed E-state index contributed by atoms with van der Waals surface area (Å²) in [5, 5.41) is 23.9. The highest BCUT2D eigenvalue weighted by molar-refractivity contribution is 5.86. The molecule has 0 bridgehead atoms. The van der Waals surface area contributed by atoms with Gasteiger partial charge in [0.1, 0.15) is 0 Å². The van der Waals surface area contributed by atoms with Crippen molar-refractivity contribution in [2.45, 2.75) is 267 Å². The second-order valence-electron chi connectivity index (χ2n) is 21.3. The molecule has 0 atom stereocenters. The third-order valence-electron chi connectivity index (χ3n) is 12.6. The van der Waals surface area contributed by atoms with E-state index in [1.807, 2.05) is 28.1 Å². The largest absolute Gasteiger partial charge is 0.550 e. The summed E-state index contributed by atoms with van der Waals surface area (Å²) in [5.41, 5.74) is 0. The molecule has 0 heterocycles. The number of carbonyl (C=O) groups excluding carboxylic acids is 10. The number of hydrogen-bond acceptors (Lipinski definition) is 17. The summed E-state index contributed by atoms with van der Waals surface area (Å²) >= 11 is 0. The van der Waals surface area contributed by atoms with E-state index in [9.17, 15) is 43.5 Å². The number of carbonyl (C=O) groups is 8. The van der Waals surface area contributed by atoms with Gasteiger partial charge in [-0.15, -0.1) is 0 Å². The predicted octanol–water partition coefficient (Wildman–Crippen LogP) is 9.63. The van der Waals surface area contributed by atoms with Gasteiger partial charge >= 0.3 is 30.0 Å². The Morgan fingerprint density at radius 1 is 0.455 bits per heavy atom. The molecule has 21 nitrogen and oxygen atoms in total. The van der Waals surface area contributed by atoms with E-state index in [0.717, 1.165) is 103 Å². The summed E-state index contributed by atoms with van der Waals surface area (Å²) in [6.45, 7) is 24.7. The van der Waals surface area contributed by atoms with Crippen LogP contribution in [0.5, 0.6) is 0 Å². The lowest BCUT2D eigenvalue weighted by Gasteiger charge is -2.15. The Morgan fingerprint density at radius 2 is 0.761 bits per heavy atom. The van der Waals surface area contributed by atoms with Crippen LogP contribution in [-0.2, 0) is 66.9 Å². The highest BCUT2D eigenvalue weighted by Gasteiger charge is 2.10. The lowest BCUT2D eigenvalue weighted by Crippen LogP contribution is -2.79. The highest BCUT2D eigenvalue weighted by Crippen LogP contribution is 2.10. The molecule has 0 saturated carbocycles. The van der Waals surface area contributed by atoms with E-state index < -0.39 is 5.97 Å². The Balaban J connectivity index is -0.000000198. The normalized spacial score (nSPS) is 9.74. The number of carboxylic acids is 1. The second kappa shape index (κ2) is 83.8. The maximum atomic E-state index is 11.8. The molecule has 88 heavy (non-hydrogen) atoms. The van der Waals surface area contributed by atoms with Crippen LogP contribution in [-0.4, -0.2) is 175 Å². The van der Waals surface area contributed by atoms with Gasteiger partial charge in [0.15, 0.2) is 0 Å². The molecule has 21 heteroatoms. The third-order valence-corrected chi connectivity index (χ3v) is 12.6. The molecule has 0 radical (unpaired) electrons. The average molecular weight is 1260 g/mol. The molecule has 3 amide bonds. The summed E-state index contributed by atoms with van der Waals surface area (Å²) in [7, 11) is 9.48. The predicted molar refractivity (Wildman–Crippen MR) is 347 cm³/mol. The Kier molecular flexibility index (Phi) is 91.8. The van der Waals surface area contributed by atoms with Gasteiger partial charge in [0.05, 0.1) is 40.0 Å². The maximum Gasteiger partial charge on any atom is 0.373 e. The fourth-order valence-electron chi connectivity index (χ4n) is 7.45. The lowest BCUT2D eigenvalue weighted by atomic mass is 10.1. The standard InChI is InChI=1S/C23H43NO5.C19H34O6.C9H19NO2.C7H13NO.2C4H11N.CO2/c1-4-6-7-8-11-16-22(26)29-20-14-12-17-23(27)28-19-13-9-10-15-21(25)24(3)18-5-2;1-2-3-4-5-8-13-18(22)25-16-11-9-14-19(23)24-15-10-6-7-12-17(20)21;1-3-7-10(2)9(12)6-4-5-8-11;1-4-6-8(3)7(9)5-2;2*1-3-4-5-2;2-1-3/h4-20H2,1-3H3;2-16H2,1H3,(H,20,21);11H,3-8H2,1-2H3;5H,2,4,6H2,1,3H3;2*5H,3-4H2,1-2H3;. The molecule has 0 fully saturated rings. The molecular weight excluding hydrogens is 1130 g/mol. The van der Waals surface area contributed by atoms with Gasteiger partial charge in [-0.3, -0.25) is 33.6 Å². The number of ether oxygens (including phenoxy) is 4. The Morgan fingerprint density at radius 3 is 1.03 bits per heavy atom. The van der Waals surface area contributed by atoms with Gasteiger partial charge < -0.3 is 59.3 Å². The van der Waals surface area contributed by atoms with Crippen LogP contribution in [0.1, 0.15) is 267 Å². The first kappa shape index (κ1) is 96.4. The van der Waals surface area contributed by atoms with E-state index in [0.29, 0.717) is 110 Å². The quantitative estimate of drug-likeness (QED) is 0.0221. The van der Waals surface area contributed by atoms with Crippen molar-refractivity contribution in [3.8, 4) is 0 Å². The van der Waals surface area contributed by atoms with Crippen LogP contribution in [0.2, 0.25) is 0 Å². The molecule has 0 unspecified atom stereocenters. The number of nitrogens with two attached hydrogens (primary N) is 1. The number of unbranched alkanes of at least 4 members (excludes halogenated alkanes) is 15. The smallest absolute Gasteiger partial charge is 0.373 e. The van der Waals surface area contributed by atoms with E-state index in [4.69, 9.17) is 33.6 Å². The van der Waals surface area contributed by atoms with Crippen LogP contribution in [0.15, 0.2) is 12.7 Å². The summed E-state index contributed by atoms with van der Waals surface area (Å²) in [4.78, 5) is 112. The highest BCUT2D eigenvalue weighted by atomic mass is 16.5. The fourth-order valence-corrected chi connectivity index (χ4v) is 7.45.